The highest BCUT2D eigenvalue weighted by Gasteiger charge is 2.25. The molecule has 1 saturated heterocycles. The van der Waals surface area contributed by atoms with E-state index in [9.17, 15) is 4.79 Å². The maximum absolute atomic E-state index is 10.9. The van der Waals surface area contributed by atoms with Crippen molar-refractivity contribution in [1.29, 1.82) is 0 Å². The molecular weight excluding hydrogens is 266 g/mol. The van der Waals surface area contributed by atoms with Crippen LogP contribution in [-0.2, 0) is 6.54 Å². The van der Waals surface area contributed by atoms with Crippen molar-refractivity contribution in [3.63, 3.8) is 0 Å². The first-order valence-electron chi connectivity index (χ1n) is 7.23. The fourth-order valence-corrected chi connectivity index (χ4v) is 3.00. The van der Waals surface area contributed by atoms with Crippen LogP contribution in [0.5, 0.6) is 0 Å². The summed E-state index contributed by atoms with van der Waals surface area (Å²) in [6, 6.07) is 12.2. The van der Waals surface area contributed by atoms with Crippen molar-refractivity contribution in [2.24, 2.45) is 0 Å². The number of aromatic carboxylic acids is 1. The van der Waals surface area contributed by atoms with Gasteiger partial charge < -0.3 is 9.52 Å². The lowest BCUT2D eigenvalue weighted by Crippen LogP contribution is -2.19. The quantitative estimate of drug-likeness (QED) is 0.936. The van der Waals surface area contributed by atoms with E-state index >= 15 is 0 Å². The summed E-state index contributed by atoms with van der Waals surface area (Å²) in [5, 5.41) is 8.97. The maximum Gasteiger partial charge on any atom is 0.371 e. The molecule has 4 nitrogen and oxygen atoms in total. The van der Waals surface area contributed by atoms with Gasteiger partial charge in [0.15, 0.2) is 0 Å². The van der Waals surface area contributed by atoms with Gasteiger partial charge in [0.2, 0.25) is 5.76 Å². The van der Waals surface area contributed by atoms with Crippen LogP contribution in [0.1, 0.15) is 39.8 Å². The third kappa shape index (κ3) is 3.00. The molecule has 0 amide bonds. The summed E-state index contributed by atoms with van der Waals surface area (Å²) in [6.07, 6.45) is 1.15. The van der Waals surface area contributed by atoms with Crippen molar-refractivity contribution in [1.82, 2.24) is 4.90 Å². The molecule has 0 radical (unpaired) electrons. The monoisotopic (exact) mass is 285 g/mol. The topological polar surface area (TPSA) is 53.7 Å². The second-order valence-corrected chi connectivity index (χ2v) is 5.63. The summed E-state index contributed by atoms with van der Waals surface area (Å²) < 4.78 is 5.27. The minimum Gasteiger partial charge on any atom is -0.475 e. The molecule has 0 saturated carbocycles. The van der Waals surface area contributed by atoms with E-state index in [0.717, 1.165) is 31.6 Å². The number of likely N-dealkylation sites (tertiary alicyclic amines) is 1. The molecule has 21 heavy (non-hydrogen) atoms. The van der Waals surface area contributed by atoms with E-state index < -0.39 is 5.97 Å². The molecule has 1 aromatic heterocycles. The molecule has 1 unspecified atom stereocenters. The first-order valence-corrected chi connectivity index (χ1v) is 7.23. The Morgan fingerprint density at radius 2 is 2.14 bits per heavy atom. The van der Waals surface area contributed by atoms with Crippen molar-refractivity contribution in [3.05, 3.63) is 59.0 Å². The van der Waals surface area contributed by atoms with Gasteiger partial charge in [-0.1, -0.05) is 30.3 Å². The van der Waals surface area contributed by atoms with E-state index in [-0.39, 0.29) is 5.76 Å². The first kappa shape index (κ1) is 13.9. The number of benzene rings is 1. The minimum atomic E-state index is -1.01. The van der Waals surface area contributed by atoms with Gasteiger partial charge in [0.1, 0.15) is 5.76 Å². The molecule has 1 aliphatic heterocycles. The molecule has 1 fully saturated rings. The molecule has 2 heterocycles. The van der Waals surface area contributed by atoms with E-state index in [2.05, 4.69) is 29.2 Å². The number of carboxylic acids is 1. The number of hydrogen-bond acceptors (Lipinski definition) is 3. The average molecular weight is 285 g/mol. The normalized spacial score (nSPS) is 19.0. The molecule has 1 aromatic carbocycles. The molecular formula is C17H19NO3. The van der Waals surface area contributed by atoms with Crippen LogP contribution in [0.25, 0.3) is 0 Å². The maximum atomic E-state index is 10.9. The van der Waals surface area contributed by atoms with E-state index in [1.165, 1.54) is 5.56 Å². The first-order chi connectivity index (χ1) is 10.1. The van der Waals surface area contributed by atoms with Crippen LogP contribution < -0.4 is 0 Å². The molecule has 0 aliphatic carbocycles. The molecule has 4 heteroatoms. The molecule has 0 bridgehead atoms. The third-order valence-electron chi connectivity index (χ3n) is 4.17. The van der Waals surface area contributed by atoms with Crippen LogP contribution in [0.3, 0.4) is 0 Å². The second kappa shape index (κ2) is 5.74. The van der Waals surface area contributed by atoms with E-state index in [1.54, 1.807) is 6.07 Å². The van der Waals surface area contributed by atoms with E-state index in [4.69, 9.17) is 9.52 Å². The highest BCUT2D eigenvalue weighted by Crippen LogP contribution is 2.28. The fraction of sp³-hybridized carbons (Fsp3) is 0.353. The van der Waals surface area contributed by atoms with Crippen LogP contribution in [0.2, 0.25) is 0 Å². The van der Waals surface area contributed by atoms with Crippen molar-refractivity contribution < 1.29 is 14.3 Å². The average Bonchev–Trinajstić information content (AvgIpc) is 3.08. The van der Waals surface area contributed by atoms with Crippen LogP contribution in [-0.4, -0.2) is 29.1 Å². The summed E-state index contributed by atoms with van der Waals surface area (Å²) in [6.45, 7) is 4.63. The van der Waals surface area contributed by atoms with Gasteiger partial charge in [-0.2, -0.15) is 0 Å². The zero-order chi connectivity index (χ0) is 14.8. The molecule has 110 valence electrons. The highest BCUT2D eigenvalue weighted by molar-refractivity contribution is 5.84. The number of carbonyl (C=O) groups is 1. The highest BCUT2D eigenvalue weighted by atomic mass is 16.4. The Bertz CT molecular complexity index is 633. The van der Waals surface area contributed by atoms with Crippen molar-refractivity contribution in [2.75, 3.05) is 13.1 Å². The Labute approximate surface area is 124 Å². The van der Waals surface area contributed by atoms with Crippen LogP contribution in [0.15, 0.2) is 40.8 Å². The van der Waals surface area contributed by atoms with Gasteiger partial charge in [-0.3, -0.25) is 4.90 Å². The summed E-state index contributed by atoms with van der Waals surface area (Å²) in [7, 11) is 0. The van der Waals surface area contributed by atoms with Crippen molar-refractivity contribution >= 4 is 5.97 Å². The molecule has 3 rings (SSSR count). The van der Waals surface area contributed by atoms with Gasteiger partial charge in [0.05, 0.1) is 0 Å². The number of rotatable bonds is 4. The van der Waals surface area contributed by atoms with Gasteiger partial charge in [0, 0.05) is 18.7 Å². The molecule has 1 atom stereocenters. The van der Waals surface area contributed by atoms with Gasteiger partial charge >= 0.3 is 5.97 Å². The second-order valence-electron chi connectivity index (χ2n) is 5.63. The Balaban J connectivity index is 1.66. The van der Waals surface area contributed by atoms with E-state index in [1.807, 2.05) is 13.0 Å². The number of furan rings is 1. The Morgan fingerprint density at radius 1 is 1.38 bits per heavy atom. The summed E-state index contributed by atoms with van der Waals surface area (Å²) in [4.78, 5) is 13.3. The Morgan fingerprint density at radius 3 is 2.81 bits per heavy atom. The van der Waals surface area contributed by atoms with Crippen LogP contribution >= 0.6 is 0 Å². The zero-order valence-electron chi connectivity index (χ0n) is 12.1. The van der Waals surface area contributed by atoms with Gasteiger partial charge in [0.25, 0.3) is 0 Å². The SMILES string of the molecule is Cc1oc(C(=O)O)cc1CN1CCC(c2ccccc2)C1. The molecule has 1 aliphatic rings. The fourth-order valence-electron chi connectivity index (χ4n) is 3.00. The smallest absolute Gasteiger partial charge is 0.371 e. The number of aryl methyl sites for hydroxylation is 1. The van der Waals surface area contributed by atoms with Gasteiger partial charge in [-0.15, -0.1) is 0 Å². The zero-order valence-corrected chi connectivity index (χ0v) is 12.1. The third-order valence-corrected chi connectivity index (χ3v) is 4.17. The van der Waals surface area contributed by atoms with Crippen molar-refractivity contribution in [3.8, 4) is 0 Å². The Hall–Kier alpha value is -2.07. The lowest BCUT2D eigenvalue weighted by molar-refractivity contribution is 0.0661. The number of nitrogens with zero attached hydrogens (tertiary/aromatic N) is 1. The lowest BCUT2D eigenvalue weighted by Gasteiger charge is -2.15. The summed E-state index contributed by atoms with van der Waals surface area (Å²) in [5.74, 6) is 0.294. The number of hydrogen-bond donors (Lipinski definition) is 1. The largest absolute Gasteiger partial charge is 0.475 e. The molecule has 1 N–H and O–H groups in total. The summed E-state index contributed by atoms with van der Waals surface area (Å²) in [5.41, 5.74) is 2.36. The van der Waals surface area contributed by atoms with Gasteiger partial charge in [-0.25, -0.2) is 4.79 Å². The van der Waals surface area contributed by atoms with Gasteiger partial charge in [-0.05, 0) is 37.4 Å². The predicted molar refractivity (Wildman–Crippen MR) is 79.5 cm³/mol. The molecule has 0 spiro atoms. The Kier molecular flexibility index (Phi) is 3.80. The standard InChI is InChI=1S/C17H19NO3/c1-12-15(9-16(21-12)17(19)20)11-18-8-7-14(10-18)13-5-3-2-4-6-13/h2-6,9,14H,7-8,10-11H2,1H3,(H,19,20). The minimum absolute atomic E-state index is 0.0290. The van der Waals surface area contributed by atoms with Crippen molar-refractivity contribution in [2.45, 2.75) is 25.8 Å². The lowest BCUT2D eigenvalue weighted by atomic mass is 9.99. The molecule has 2 aromatic rings. The van der Waals surface area contributed by atoms with Crippen LogP contribution in [0.4, 0.5) is 0 Å². The summed E-state index contributed by atoms with van der Waals surface area (Å²) >= 11 is 0. The predicted octanol–water partition coefficient (Wildman–Crippen LogP) is 3.28. The number of carboxylic acid groups (broad SMARTS) is 1. The van der Waals surface area contributed by atoms with Crippen LogP contribution in [0, 0.1) is 6.92 Å². The van der Waals surface area contributed by atoms with E-state index in [0.29, 0.717) is 11.7 Å².